The molecule has 0 spiro atoms. The predicted octanol–water partition coefficient (Wildman–Crippen LogP) is 4.62. The van der Waals surface area contributed by atoms with Crippen molar-refractivity contribution in [1.29, 1.82) is 0 Å². The van der Waals surface area contributed by atoms with Crippen LogP contribution in [0.3, 0.4) is 0 Å². The average Bonchev–Trinajstić information content (AvgIpc) is 3.42. The Kier molecular flexibility index (Phi) is 5.90. The van der Waals surface area contributed by atoms with E-state index in [0.29, 0.717) is 23.4 Å². The number of pyridine rings is 1. The number of nitrogens with zero attached hydrogens (tertiary/aromatic N) is 4. The molecular formula is C25H18N4O6S. The number of ether oxygens (including phenoxy) is 1. The Bertz CT molecular complexity index is 1550. The summed E-state index contributed by atoms with van der Waals surface area (Å²) >= 11 is 1.20. The predicted molar refractivity (Wildman–Crippen MR) is 133 cm³/mol. The van der Waals surface area contributed by atoms with Gasteiger partial charge >= 0.3 is 5.91 Å². The van der Waals surface area contributed by atoms with Gasteiger partial charge in [0.15, 0.2) is 5.13 Å². The number of Topliss-reactive ketones (excluding diaryl/α,β-unsaturated/α-hetero) is 1. The Balaban J connectivity index is 1.69. The lowest BCUT2D eigenvalue weighted by Gasteiger charge is -2.22. The van der Waals surface area contributed by atoms with Crippen LogP contribution in [0, 0.1) is 10.1 Å². The van der Waals surface area contributed by atoms with Gasteiger partial charge in [0, 0.05) is 30.1 Å². The number of aliphatic hydroxyl groups excluding tert-OH is 1. The van der Waals surface area contributed by atoms with Gasteiger partial charge in [-0.25, -0.2) is 4.98 Å². The van der Waals surface area contributed by atoms with Crippen molar-refractivity contribution in [3.8, 4) is 5.75 Å². The molecule has 1 saturated heterocycles. The molecule has 1 amide bonds. The van der Waals surface area contributed by atoms with Crippen molar-refractivity contribution in [2.24, 2.45) is 0 Å². The van der Waals surface area contributed by atoms with Gasteiger partial charge in [-0.05, 0) is 36.8 Å². The van der Waals surface area contributed by atoms with E-state index < -0.39 is 28.4 Å². The number of amides is 1. The zero-order chi connectivity index (χ0) is 25.4. The maximum absolute atomic E-state index is 13.3. The molecule has 1 fully saturated rings. The summed E-state index contributed by atoms with van der Waals surface area (Å²) in [7, 11) is 0. The van der Waals surface area contributed by atoms with E-state index >= 15 is 0 Å². The topological polar surface area (TPSA) is 136 Å². The quantitative estimate of drug-likeness (QED) is 0.133. The number of fused-ring (bicyclic) bond motifs is 1. The molecule has 1 aliphatic rings. The second-order valence-electron chi connectivity index (χ2n) is 7.82. The fraction of sp³-hybridized carbons (Fsp3) is 0.120. The minimum atomic E-state index is -1.04. The SMILES string of the molecule is CCOc1ccc2nc(N3C(=O)C(=O)/C(=C(/O)c4cccc([N+](=O)[O-])c4)C3c3cccnc3)sc2c1. The van der Waals surface area contributed by atoms with E-state index in [-0.39, 0.29) is 22.0 Å². The summed E-state index contributed by atoms with van der Waals surface area (Å²) in [6.07, 6.45) is 3.04. The number of nitro groups is 1. The third kappa shape index (κ3) is 3.95. The fourth-order valence-electron chi connectivity index (χ4n) is 4.06. The van der Waals surface area contributed by atoms with E-state index in [1.54, 1.807) is 36.5 Å². The van der Waals surface area contributed by atoms with E-state index in [9.17, 15) is 24.8 Å². The van der Waals surface area contributed by atoms with Crippen LogP contribution in [-0.2, 0) is 9.59 Å². The van der Waals surface area contributed by atoms with Gasteiger partial charge in [0.25, 0.3) is 11.5 Å². The van der Waals surface area contributed by atoms with Crippen molar-refractivity contribution in [2.75, 3.05) is 11.5 Å². The number of non-ortho nitro benzene ring substituents is 1. The highest BCUT2D eigenvalue weighted by atomic mass is 32.1. The number of nitro benzene ring substituents is 1. The van der Waals surface area contributed by atoms with Crippen molar-refractivity contribution in [1.82, 2.24) is 9.97 Å². The number of carbonyl (C=O) groups is 2. The zero-order valence-electron chi connectivity index (χ0n) is 18.8. The largest absolute Gasteiger partial charge is 0.507 e. The minimum Gasteiger partial charge on any atom is -0.507 e. The highest BCUT2D eigenvalue weighted by Crippen LogP contribution is 2.44. The Morgan fingerprint density at radius 2 is 2.03 bits per heavy atom. The first kappa shape index (κ1) is 23.1. The number of benzene rings is 2. The van der Waals surface area contributed by atoms with Crippen LogP contribution in [0.1, 0.15) is 24.1 Å². The molecule has 36 heavy (non-hydrogen) atoms. The lowest BCUT2D eigenvalue weighted by molar-refractivity contribution is -0.384. The van der Waals surface area contributed by atoms with Crippen LogP contribution in [0.15, 0.2) is 72.6 Å². The molecule has 5 rings (SSSR count). The maximum Gasteiger partial charge on any atom is 0.301 e. The van der Waals surface area contributed by atoms with Crippen molar-refractivity contribution >= 4 is 49.8 Å². The second kappa shape index (κ2) is 9.19. The first-order valence-electron chi connectivity index (χ1n) is 10.9. The van der Waals surface area contributed by atoms with E-state index in [4.69, 9.17) is 4.74 Å². The van der Waals surface area contributed by atoms with Gasteiger partial charge in [0.2, 0.25) is 0 Å². The summed E-state index contributed by atoms with van der Waals surface area (Å²) < 4.78 is 6.30. The summed E-state index contributed by atoms with van der Waals surface area (Å²) in [5.74, 6) is -1.67. The number of aromatic nitrogens is 2. The number of thiazole rings is 1. The molecule has 3 heterocycles. The Labute approximate surface area is 208 Å². The number of carbonyl (C=O) groups excluding carboxylic acids is 2. The summed E-state index contributed by atoms with van der Waals surface area (Å²) in [6.45, 7) is 2.36. The summed E-state index contributed by atoms with van der Waals surface area (Å²) in [6, 6.07) is 12.9. The van der Waals surface area contributed by atoms with Crippen LogP contribution >= 0.6 is 11.3 Å². The summed E-state index contributed by atoms with van der Waals surface area (Å²) in [4.78, 5) is 47.1. The third-order valence-electron chi connectivity index (χ3n) is 5.64. The third-order valence-corrected chi connectivity index (χ3v) is 6.66. The van der Waals surface area contributed by atoms with Crippen LogP contribution in [-0.4, -0.2) is 38.3 Å². The lowest BCUT2D eigenvalue weighted by atomic mass is 9.96. The van der Waals surface area contributed by atoms with E-state index in [1.807, 2.05) is 6.92 Å². The number of anilines is 1. The minimum absolute atomic E-state index is 0.0433. The smallest absolute Gasteiger partial charge is 0.301 e. The number of hydrogen-bond donors (Lipinski definition) is 1. The second-order valence-corrected chi connectivity index (χ2v) is 8.83. The van der Waals surface area contributed by atoms with Crippen molar-refractivity contribution in [2.45, 2.75) is 13.0 Å². The van der Waals surface area contributed by atoms with Gasteiger partial charge in [-0.15, -0.1) is 0 Å². The number of hydrogen-bond acceptors (Lipinski definition) is 9. The van der Waals surface area contributed by atoms with Crippen molar-refractivity contribution in [3.63, 3.8) is 0 Å². The van der Waals surface area contributed by atoms with Crippen LogP contribution in [0.4, 0.5) is 10.8 Å². The fourth-order valence-corrected chi connectivity index (χ4v) is 5.08. The standard InChI is InChI=1S/C25H18N4O6S/c1-2-35-17-8-9-18-19(12-17)36-25(27-18)28-21(15-6-4-10-26-13-15)20(23(31)24(28)32)22(30)14-5-3-7-16(11-14)29(33)34/h3-13,21,30H,2H2,1H3/b22-20+. The summed E-state index contributed by atoms with van der Waals surface area (Å²) in [5.41, 5.74) is 0.661. The number of aliphatic hydroxyl groups is 1. The van der Waals surface area contributed by atoms with Crippen LogP contribution in [0.25, 0.3) is 16.0 Å². The Hall–Kier alpha value is -4.64. The van der Waals surface area contributed by atoms with E-state index in [0.717, 1.165) is 10.8 Å². The van der Waals surface area contributed by atoms with Gasteiger partial charge in [0.1, 0.15) is 11.5 Å². The first-order valence-corrected chi connectivity index (χ1v) is 11.7. The molecule has 0 aliphatic carbocycles. The van der Waals surface area contributed by atoms with Crippen LogP contribution in [0.5, 0.6) is 5.75 Å². The molecule has 0 bridgehead atoms. The molecule has 1 unspecified atom stereocenters. The Morgan fingerprint density at radius 1 is 1.19 bits per heavy atom. The van der Waals surface area contributed by atoms with Gasteiger partial charge in [-0.1, -0.05) is 29.5 Å². The number of rotatable bonds is 6. The van der Waals surface area contributed by atoms with E-state index in [1.165, 1.54) is 40.6 Å². The molecule has 4 aromatic rings. The molecule has 1 aliphatic heterocycles. The van der Waals surface area contributed by atoms with Crippen molar-refractivity contribution in [3.05, 3.63) is 93.8 Å². The first-order chi connectivity index (χ1) is 17.4. The van der Waals surface area contributed by atoms with Gasteiger partial charge in [0.05, 0.1) is 33.4 Å². The molecular weight excluding hydrogens is 484 g/mol. The molecule has 1 N–H and O–H groups in total. The van der Waals surface area contributed by atoms with Crippen LogP contribution < -0.4 is 9.64 Å². The summed E-state index contributed by atoms with van der Waals surface area (Å²) in [5, 5.41) is 22.6. The van der Waals surface area contributed by atoms with Gasteiger partial charge in [-0.2, -0.15) is 0 Å². The lowest BCUT2D eigenvalue weighted by Crippen LogP contribution is -2.29. The molecule has 180 valence electrons. The maximum atomic E-state index is 13.3. The number of ketones is 1. The van der Waals surface area contributed by atoms with E-state index in [2.05, 4.69) is 9.97 Å². The average molecular weight is 503 g/mol. The van der Waals surface area contributed by atoms with Gasteiger partial charge in [-0.3, -0.25) is 29.6 Å². The molecule has 2 aromatic heterocycles. The molecule has 10 nitrogen and oxygen atoms in total. The molecule has 1 atom stereocenters. The molecule has 0 radical (unpaired) electrons. The highest BCUT2D eigenvalue weighted by molar-refractivity contribution is 7.22. The molecule has 2 aromatic carbocycles. The monoisotopic (exact) mass is 502 g/mol. The molecule has 11 heteroatoms. The van der Waals surface area contributed by atoms with Crippen molar-refractivity contribution < 1.29 is 24.4 Å². The van der Waals surface area contributed by atoms with Crippen LogP contribution in [0.2, 0.25) is 0 Å². The Morgan fingerprint density at radius 3 is 2.75 bits per heavy atom. The highest BCUT2D eigenvalue weighted by Gasteiger charge is 2.48. The molecule has 0 saturated carbocycles. The normalized spacial score (nSPS) is 17.0. The zero-order valence-corrected chi connectivity index (χ0v) is 19.6. The van der Waals surface area contributed by atoms with Gasteiger partial charge < -0.3 is 9.84 Å².